The molecule has 0 saturated carbocycles. The highest BCUT2D eigenvalue weighted by Gasteiger charge is 2.13. The first-order chi connectivity index (χ1) is 9.96. The molecule has 1 heterocycles. The van der Waals surface area contributed by atoms with E-state index in [2.05, 4.69) is 14.9 Å². The van der Waals surface area contributed by atoms with E-state index in [1.165, 1.54) is 24.5 Å². The Labute approximate surface area is 120 Å². The molecule has 8 nitrogen and oxygen atoms in total. The van der Waals surface area contributed by atoms with Crippen LogP contribution in [0.3, 0.4) is 0 Å². The molecule has 0 unspecified atom stereocenters. The molecule has 0 aliphatic carbocycles. The first-order valence-corrected chi connectivity index (χ1v) is 7.66. The Hall–Kier alpha value is -2.26. The number of carbonyl (C=O) groups is 1. The van der Waals surface area contributed by atoms with Gasteiger partial charge in [0, 0.05) is 13.0 Å². The molecule has 0 amide bonds. The average Bonchev–Trinajstić information content (AvgIpc) is 2.91. The van der Waals surface area contributed by atoms with Gasteiger partial charge in [-0.25, -0.2) is 17.9 Å². The van der Waals surface area contributed by atoms with E-state index in [0.29, 0.717) is 11.5 Å². The summed E-state index contributed by atoms with van der Waals surface area (Å²) in [6.45, 7) is 0.128. The minimum absolute atomic E-state index is 0.0496. The highest BCUT2D eigenvalue weighted by atomic mass is 32.2. The summed E-state index contributed by atoms with van der Waals surface area (Å²) in [4.78, 5) is 14.6. The number of sulfonamides is 1. The van der Waals surface area contributed by atoms with Crippen LogP contribution in [0.25, 0.3) is 0 Å². The number of nitrogens with one attached hydrogen (secondary N) is 1. The van der Waals surface area contributed by atoms with Gasteiger partial charge in [-0.15, -0.1) is 0 Å². The molecule has 1 aromatic heterocycles. The van der Waals surface area contributed by atoms with Gasteiger partial charge in [0.15, 0.2) is 6.33 Å². The lowest BCUT2D eigenvalue weighted by Crippen LogP contribution is -2.27. The lowest BCUT2D eigenvalue weighted by atomic mass is 10.1. The summed E-state index contributed by atoms with van der Waals surface area (Å²) >= 11 is 0. The third-order valence-corrected chi connectivity index (χ3v) is 3.96. The number of rotatable bonds is 7. The fourth-order valence-electron chi connectivity index (χ4n) is 1.68. The lowest BCUT2D eigenvalue weighted by Gasteiger charge is -2.06. The summed E-state index contributed by atoms with van der Waals surface area (Å²) < 4.78 is 30.9. The fraction of sp³-hybridized carbons (Fsp3) is 0.250. The summed E-state index contributed by atoms with van der Waals surface area (Å²) in [7, 11) is -3.56. The van der Waals surface area contributed by atoms with Crippen LogP contribution in [0.4, 0.5) is 0 Å². The van der Waals surface area contributed by atoms with Crippen molar-refractivity contribution >= 4 is 16.0 Å². The summed E-state index contributed by atoms with van der Waals surface area (Å²) in [6.07, 6.45) is 1.52. The van der Waals surface area contributed by atoms with E-state index < -0.39 is 16.0 Å². The monoisotopic (exact) mass is 311 g/mol. The third-order valence-electron chi connectivity index (χ3n) is 2.60. The highest BCUT2D eigenvalue weighted by molar-refractivity contribution is 7.88. The second-order valence-electron chi connectivity index (χ2n) is 4.24. The first kappa shape index (κ1) is 15.1. The SMILES string of the molecule is O=C(O)c1cccc(CS(=O)(=O)NCCc2ncno2)c1. The standard InChI is InChI=1S/C12H13N3O5S/c16-12(17)10-3-1-2-9(6-10)7-21(18,19)15-5-4-11-13-8-14-20-11/h1-3,6,8,15H,4-5,7H2,(H,16,17). The summed E-state index contributed by atoms with van der Waals surface area (Å²) in [6, 6.07) is 5.80. The van der Waals surface area contributed by atoms with Crippen LogP contribution in [0.2, 0.25) is 0 Å². The van der Waals surface area contributed by atoms with Gasteiger partial charge in [-0.1, -0.05) is 17.3 Å². The van der Waals surface area contributed by atoms with Crippen molar-refractivity contribution in [3.05, 3.63) is 47.6 Å². The van der Waals surface area contributed by atoms with Gasteiger partial charge >= 0.3 is 5.97 Å². The van der Waals surface area contributed by atoms with Gasteiger partial charge in [0.05, 0.1) is 11.3 Å². The predicted molar refractivity (Wildman–Crippen MR) is 72.0 cm³/mol. The van der Waals surface area contributed by atoms with Crippen LogP contribution in [-0.4, -0.2) is 36.2 Å². The average molecular weight is 311 g/mol. The lowest BCUT2D eigenvalue weighted by molar-refractivity contribution is 0.0696. The molecule has 9 heteroatoms. The van der Waals surface area contributed by atoms with Crippen molar-refractivity contribution in [2.24, 2.45) is 0 Å². The van der Waals surface area contributed by atoms with Crippen LogP contribution < -0.4 is 4.72 Å². The van der Waals surface area contributed by atoms with Gasteiger partial charge in [0.2, 0.25) is 15.9 Å². The van der Waals surface area contributed by atoms with Crippen molar-refractivity contribution in [3.63, 3.8) is 0 Å². The van der Waals surface area contributed by atoms with E-state index in [-0.39, 0.29) is 24.3 Å². The Morgan fingerprint density at radius 3 is 2.86 bits per heavy atom. The van der Waals surface area contributed by atoms with E-state index in [1.807, 2.05) is 0 Å². The van der Waals surface area contributed by atoms with Crippen LogP contribution in [0.15, 0.2) is 35.1 Å². The zero-order chi connectivity index (χ0) is 15.3. The molecule has 0 spiro atoms. The molecule has 0 saturated heterocycles. The number of hydrogen-bond donors (Lipinski definition) is 2. The quantitative estimate of drug-likeness (QED) is 0.760. The van der Waals surface area contributed by atoms with Crippen molar-refractivity contribution in [1.82, 2.24) is 14.9 Å². The second kappa shape index (κ2) is 6.46. The van der Waals surface area contributed by atoms with Crippen LogP contribution in [-0.2, 0) is 22.2 Å². The van der Waals surface area contributed by atoms with Crippen molar-refractivity contribution in [3.8, 4) is 0 Å². The zero-order valence-corrected chi connectivity index (χ0v) is 11.7. The fourth-order valence-corrected chi connectivity index (χ4v) is 2.82. The largest absolute Gasteiger partial charge is 0.478 e. The molecule has 2 rings (SSSR count). The van der Waals surface area contributed by atoms with Gasteiger partial charge in [0.1, 0.15) is 0 Å². The molecule has 0 fully saturated rings. The number of benzene rings is 1. The maximum absolute atomic E-state index is 11.9. The van der Waals surface area contributed by atoms with Gasteiger partial charge in [-0.05, 0) is 17.7 Å². The zero-order valence-electron chi connectivity index (χ0n) is 10.9. The highest BCUT2D eigenvalue weighted by Crippen LogP contribution is 2.09. The van der Waals surface area contributed by atoms with E-state index >= 15 is 0 Å². The van der Waals surface area contributed by atoms with Crippen LogP contribution in [0, 0.1) is 0 Å². The number of aromatic nitrogens is 2. The molecule has 2 aromatic rings. The predicted octanol–water partition coefficient (Wildman–Crippen LogP) is 0.430. The summed E-state index contributed by atoms with van der Waals surface area (Å²) in [5, 5.41) is 12.3. The van der Waals surface area contributed by atoms with Gasteiger partial charge in [-0.3, -0.25) is 0 Å². The molecule has 0 radical (unpaired) electrons. The van der Waals surface area contributed by atoms with Crippen molar-refractivity contribution in [2.75, 3.05) is 6.54 Å². The molecule has 0 aliphatic rings. The molecular weight excluding hydrogens is 298 g/mol. The molecule has 0 bridgehead atoms. The number of nitrogens with zero attached hydrogens (tertiary/aromatic N) is 2. The number of aromatic carboxylic acids is 1. The van der Waals surface area contributed by atoms with Crippen molar-refractivity contribution in [2.45, 2.75) is 12.2 Å². The topological polar surface area (TPSA) is 122 Å². The summed E-state index contributed by atoms with van der Waals surface area (Å²) in [5.74, 6) is -1.05. The second-order valence-corrected chi connectivity index (χ2v) is 6.05. The molecule has 21 heavy (non-hydrogen) atoms. The molecule has 0 aliphatic heterocycles. The third kappa shape index (κ3) is 4.65. The van der Waals surface area contributed by atoms with Crippen molar-refractivity contribution < 1.29 is 22.8 Å². The minimum atomic E-state index is -3.56. The maximum atomic E-state index is 11.9. The Kier molecular flexibility index (Phi) is 4.66. The summed E-state index contributed by atoms with van der Waals surface area (Å²) in [5.41, 5.74) is 0.453. The van der Waals surface area contributed by atoms with Crippen LogP contribution in [0.5, 0.6) is 0 Å². The van der Waals surface area contributed by atoms with E-state index in [9.17, 15) is 13.2 Å². The van der Waals surface area contributed by atoms with Gasteiger partial charge in [0.25, 0.3) is 0 Å². The Morgan fingerprint density at radius 2 is 2.19 bits per heavy atom. The maximum Gasteiger partial charge on any atom is 0.335 e. The number of carboxylic acid groups (broad SMARTS) is 1. The van der Waals surface area contributed by atoms with Gasteiger partial charge < -0.3 is 9.63 Å². The molecule has 2 N–H and O–H groups in total. The first-order valence-electron chi connectivity index (χ1n) is 6.01. The molecule has 112 valence electrons. The minimum Gasteiger partial charge on any atom is -0.478 e. The normalized spacial score (nSPS) is 11.4. The van der Waals surface area contributed by atoms with Crippen LogP contribution in [0.1, 0.15) is 21.8 Å². The Balaban J connectivity index is 1.94. The molecule has 1 aromatic carbocycles. The van der Waals surface area contributed by atoms with Gasteiger partial charge in [-0.2, -0.15) is 4.98 Å². The molecular formula is C12H13N3O5S. The van der Waals surface area contributed by atoms with Crippen molar-refractivity contribution in [1.29, 1.82) is 0 Å². The Morgan fingerprint density at radius 1 is 1.38 bits per heavy atom. The van der Waals surface area contributed by atoms with Crippen LogP contribution >= 0.6 is 0 Å². The van der Waals surface area contributed by atoms with E-state index in [4.69, 9.17) is 9.63 Å². The number of carboxylic acids is 1. The molecule has 0 atom stereocenters. The van der Waals surface area contributed by atoms with E-state index in [1.54, 1.807) is 6.07 Å². The Bertz CT molecular complexity index is 712. The number of hydrogen-bond acceptors (Lipinski definition) is 6. The smallest absolute Gasteiger partial charge is 0.335 e. The van der Waals surface area contributed by atoms with E-state index in [0.717, 1.165) is 0 Å².